The van der Waals surface area contributed by atoms with Crippen LogP contribution in [0.3, 0.4) is 0 Å². The summed E-state index contributed by atoms with van der Waals surface area (Å²) in [6, 6.07) is 5.27. The molecule has 0 fully saturated rings. The smallest absolute Gasteiger partial charge is 0.264 e. The number of hydrogen-bond donors (Lipinski definition) is 1. The Hall–Kier alpha value is -2.34. The first-order valence-electron chi connectivity index (χ1n) is 5.98. The molecule has 6 nitrogen and oxygen atoms in total. The molecule has 0 amide bonds. The third-order valence-electron chi connectivity index (χ3n) is 3.20. The predicted molar refractivity (Wildman–Crippen MR) is 77.7 cm³/mol. The van der Waals surface area contributed by atoms with Crippen LogP contribution in [-0.4, -0.2) is 19.3 Å². The van der Waals surface area contributed by atoms with Crippen LogP contribution >= 0.6 is 11.6 Å². The van der Waals surface area contributed by atoms with Crippen LogP contribution in [0.2, 0.25) is 5.02 Å². The van der Waals surface area contributed by atoms with E-state index in [-0.39, 0.29) is 12.1 Å². The number of nitrogen functional groups attached to an aromatic ring is 1. The van der Waals surface area contributed by atoms with Crippen molar-refractivity contribution in [3.8, 4) is 0 Å². The summed E-state index contributed by atoms with van der Waals surface area (Å²) < 4.78 is 3.03. The fourth-order valence-corrected chi connectivity index (χ4v) is 2.33. The molecule has 20 heavy (non-hydrogen) atoms. The van der Waals surface area contributed by atoms with Gasteiger partial charge in [-0.25, -0.2) is 4.98 Å². The fraction of sp³-hybridized carbons (Fsp3) is 0.154. The predicted octanol–water partition coefficient (Wildman–Crippen LogP) is 1.41. The summed E-state index contributed by atoms with van der Waals surface area (Å²) in [7, 11) is 1.74. The first kappa shape index (κ1) is 12.7. The molecular weight excluding hydrogens is 278 g/mol. The maximum absolute atomic E-state index is 12.4. The second kappa shape index (κ2) is 4.64. The molecule has 0 aliphatic carbocycles. The zero-order chi connectivity index (χ0) is 14.3. The molecule has 2 N–H and O–H groups in total. The zero-order valence-corrected chi connectivity index (χ0v) is 11.5. The molecule has 0 bridgehead atoms. The lowest BCUT2D eigenvalue weighted by Gasteiger charge is -2.10. The van der Waals surface area contributed by atoms with Crippen molar-refractivity contribution in [2.24, 2.45) is 7.05 Å². The number of aryl methyl sites for hydroxylation is 1. The van der Waals surface area contributed by atoms with Gasteiger partial charge in [-0.2, -0.15) is 5.10 Å². The van der Waals surface area contributed by atoms with E-state index in [1.54, 1.807) is 29.9 Å². The van der Waals surface area contributed by atoms with E-state index in [0.29, 0.717) is 27.3 Å². The van der Waals surface area contributed by atoms with E-state index >= 15 is 0 Å². The Morgan fingerprint density at radius 1 is 1.40 bits per heavy atom. The molecule has 7 heteroatoms. The molecule has 0 saturated heterocycles. The van der Waals surface area contributed by atoms with Crippen molar-refractivity contribution in [3.05, 3.63) is 51.7 Å². The Labute approximate surface area is 119 Å². The quantitative estimate of drug-likeness (QED) is 0.724. The summed E-state index contributed by atoms with van der Waals surface area (Å²) in [6.07, 6.45) is 2.99. The lowest BCUT2D eigenvalue weighted by Crippen LogP contribution is -2.21. The first-order valence-corrected chi connectivity index (χ1v) is 6.35. The molecular formula is C13H12ClN5O. The van der Waals surface area contributed by atoms with Crippen LogP contribution in [0.5, 0.6) is 0 Å². The normalized spacial score (nSPS) is 11.1. The largest absolute Gasteiger partial charge is 0.398 e. The van der Waals surface area contributed by atoms with Gasteiger partial charge in [0.05, 0.1) is 12.7 Å². The van der Waals surface area contributed by atoms with Crippen LogP contribution in [0, 0.1) is 0 Å². The number of fused-ring (bicyclic) bond motifs is 1. The number of nitrogens with two attached hydrogens (primary N) is 1. The van der Waals surface area contributed by atoms with Crippen molar-refractivity contribution in [2.75, 3.05) is 5.73 Å². The van der Waals surface area contributed by atoms with E-state index in [2.05, 4.69) is 10.1 Å². The minimum atomic E-state index is -0.164. The number of rotatable bonds is 2. The van der Waals surface area contributed by atoms with Gasteiger partial charge in [-0.1, -0.05) is 17.7 Å². The minimum Gasteiger partial charge on any atom is -0.398 e. The average molecular weight is 290 g/mol. The summed E-state index contributed by atoms with van der Waals surface area (Å²) in [5.41, 5.74) is 7.55. The van der Waals surface area contributed by atoms with E-state index in [1.165, 1.54) is 17.1 Å². The van der Waals surface area contributed by atoms with Crippen LogP contribution < -0.4 is 11.3 Å². The third kappa shape index (κ3) is 1.94. The number of nitrogens with zero attached hydrogens (tertiary/aromatic N) is 4. The SMILES string of the molecule is Cn1ncc2c(=O)n(Cc3c(N)cccc3Cl)cnc21. The Morgan fingerprint density at radius 2 is 2.20 bits per heavy atom. The van der Waals surface area contributed by atoms with Gasteiger partial charge in [0.2, 0.25) is 0 Å². The fourth-order valence-electron chi connectivity index (χ4n) is 2.09. The highest BCUT2D eigenvalue weighted by Gasteiger charge is 2.11. The summed E-state index contributed by atoms with van der Waals surface area (Å²) in [6.45, 7) is 0.280. The Bertz CT molecular complexity index is 831. The van der Waals surface area contributed by atoms with E-state index in [0.717, 1.165) is 0 Å². The number of hydrogen-bond acceptors (Lipinski definition) is 4. The van der Waals surface area contributed by atoms with Crippen molar-refractivity contribution in [3.63, 3.8) is 0 Å². The van der Waals surface area contributed by atoms with Gasteiger partial charge in [-0.05, 0) is 12.1 Å². The van der Waals surface area contributed by atoms with Crippen LogP contribution in [0.25, 0.3) is 11.0 Å². The van der Waals surface area contributed by atoms with Crippen LogP contribution in [-0.2, 0) is 13.6 Å². The van der Waals surface area contributed by atoms with E-state index in [1.807, 2.05) is 0 Å². The lowest BCUT2D eigenvalue weighted by molar-refractivity contribution is 0.739. The molecule has 0 aliphatic heterocycles. The van der Waals surface area contributed by atoms with Gasteiger partial charge in [0.15, 0.2) is 5.65 Å². The second-order valence-corrected chi connectivity index (χ2v) is 4.90. The monoisotopic (exact) mass is 289 g/mol. The van der Waals surface area contributed by atoms with Crippen molar-refractivity contribution < 1.29 is 0 Å². The van der Waals surface area contributed by atoms with Gasteiger partial charge >= 0.3 is 0 Å². The number of halogens is 1. The van der Waals surface area contributed by atoms with Gasteiger partial charge in [0, 0.05) is 23.3 Å². The van der Waals surface area contributed by atoms with Crippen LogP contribution in [0.15, 0.2) is 35.5 Å². The number of anilines is 1. The van der Waals surface area contributed by atoms with Crippen molar-refractivity contribution >= 4 is 28.3 Å². The van der Waals surface area contributed by atoms with E-state index < -0.39 is 0 Å². The van der Waals surface area contributed by atoms with Gasteiger partial charge in [0.1, 0.15) is 11.7 Å². The summed E-state index contributed by atoms with van der Waals surface area (Å²) in [5.74, 6) is 0. The second-order valence-electron chi connectivity index (χ2n) is 4.49. The molecule has 0 spiro atoms. The standard InChI is InChI=1S/C13H12ClN5O/c1-18-12-8(5-17-18)13(20)19(7-16-12)6-9-10(14)3-2-4-11(9)15/h2-5,7H,6,15H2,1H3. The Kier molecular flexibility index (Phi) is 2.94. The summed E-state index contributed by atoms with van der Waals surface area (Å²) in [4.78, 5) is 16.6. The molecule has 0 aliphatic rings. The maximum Gasteiger partial charge on any atom is 0.264 e. The lowest BCUT2D eigenvalue weighted by atomic mass is 10.2. The van der Waals surface area contributed by atoms with E-state index in [9.17, 15) is 4.79 Å². The van der Waals surface area contributed by atoms with Crippen LogP contribution in [0.1, 0.15) is 5.56 Å². The summed E-state index contributed by atoms with van der Waals surface area (Å²) in [5, 5.41) is 5.03. The molecule has 3 rings (SSSR count). The zero-order valence-electron chi connectivity index (χ0n) is 10.7. The van der Waals surface area contributed by atoms with E-state index in [4.69, 9.17) is 17.3 Å². The third-order valence-corrected chi connectivity index (χ3v) is 3.56. The molecule has 3 aromatic rings. The Morgan fingerprint density at radius 3 is 2.95 bits per heavy atom. The molecule has 2 heterocycles. The first-order chi connectivity index (χ1) is 9.58. The highest BCUT2D eigenvalue weighted by atomic mass is 35.5. The van der Waals surface area contributed by atoms with Crippen molar-refractivity contribution in [1.29, 1.82) is 0 Å². The molecule has 0 unspecified atom stereocenters. The highest BCUT2D eigenvalue weighted by molar-refractivity contribution is 6.31. The topological polar surface area (TPSA) is 78.7 Å². The van der Waals surface area contributed by atoms with Gasteiger partial charge in [-0.3, -0.25) is 14.0 Å². The molecule has 0 saturated carbocycles. The maximum atomic E-state index is 12.4. The van der Waals surface area contributed by atoms with Gasteiger partial charge in [0.25, 0.3) is 5.56 Å². The molecule has 0 atom stereocenters. The highest BCUT2D eigenvalue weighted by Crippen LogP contribution is 2.22. The number of aromatic nitrogens is 4. The van der Waals surface area contributed by atoms with Crippen molar-refractivity contribution in [1.82, 2.24) is 19.3 Å². The van der Waals surface area contributed by atoms with Gasteiger partial charge < -0.3 is 5.73 Å². The minimum absolute atomic E-state index is 0.164. The molecule has 2 aromatic heterocycles. The molecule has 102 valence electrons. The molecule has 1 aromatic carbocycles. The Balaban J connectivity index is 2.12. The van der Waals surface area contributed by atoms with Gasteiger partial charge in [-0.15, -0.1) is 0 Å². The average Bonchev–Trinajstić information content (AvgIpc) is 2.79. The number of benzene rings is 1. The summed E-state index contributed by atoms with van der Waals surface area (Å²) >= 11 is 6.12. The molecule has 0 radical (unpaired) electrons. The van der Waals surface area contributed by atoms with Crippen LogP contribution in [0.4, 0.5) is 5.69 Å². The van der Waals surface area contributed by atoms with Crippen molar-refractivity contribution in [2.45, 2.75) is 6.54 Å².